The van der Waals surface area contributed by atoms with Gasteiger partial charge in [0.1, 0.15) is 17.5 Å². The quantitative estimate of drug-likeness (QED) is 0.464. The highest BCUT2D eigenvalue weighted by Gasteiger charge is 2.18. The number of benzene rings is 1. The first kappa shape index (κ1) is 36.5. The van der Waals surface area contributed by atoms with Gasteiger partial charge in [0, 0.05) is 84.2 Å². The number of hydrogen-bond donors (Lipinski definition) is 3. The lowest BCUT2D eigenvalue weighted by molar-refractivity contribution is 0.148. The van der Waals surface area contributed by atoms with Crippen LogP contribution in [0.15, 0.2) is 30.3 Å². The zero-order valence-electron chi connectivity index (χ0n) is 26.4. The second-order valence-corrected chi connectivity index (χ2v) is 8.78. The summed E-state index contributed by atoms with van der Waals surface area (Å²) < 4.78 is 0. The van der Waals surface area contributed by atoms with Gasteiger partial charge in [-0.15, -0.1) is 0 Å². The Balaban J connectivity index is 0.000000628. The molecular weight excluding hydrogens is 488 g/mol. The van der Waals surface area contributed by atoms with Gasteiger partial charge in [-0.1, -0.05) is 53.7 Å². The Morgan fingerprint density at radius 2 is 1.36 bits per heavy atom. The van der Waals surface area contributed by atoms with Crippen LogP contribution in [0.1, 0.15) is 52.9 Å². The first-order valence-electron chi connectivity index (χ1n) is 14.8. The molecule has 0 saturated carbocycles. The molecule has 0 radical (unpaired) electrons. The van der Waals surface area contributed by atoms with Gasteiger partial charge in [0.15, 0.2) is 0 Å². The van der Waals surface area contributed by atoms with Crippen LogP contribution in [0.5, 0.6) is 0 Å². The standard InChI is InChI=1S/C12H21N5O.C12H19N3.3C2H6/c1-10-14-11(13-2)9-12(15-10)17-5-3-16(4-6-17)7-8-18;1-14-6-8-15(9-7-14)10-11-2-4-12(13)5-3-11;3*1-2/h9,18H,3-8H2,1-2H3,(H,13,14,15);2-5H,6-10,13H2,1H3;3*1-2H3. The molecule has 2 fully saturated rings. The fourth-order valence-electron chi connectivity index (χ4n) is 4.07. The van der Waals surface area contributed by atoms with Crippen LogP contribution in [0.2, 0.25) is 0 Å². The van der Waals surface area contributed by atoms with E-state index in [1.54, 1.807) is 0 Å². The molecule has 4 rings (SSSR count). The highest BCUT2D eigenvalue weighted by Crippen LogP contribution is 2.17. The number of aromatic nitrogens is 2. The van der Waals surface area contributed by atoms with E-state index < -0.39 is 0 Å². The van der Waals surface area contributed by atoms with Crippen molar-refractivity contribution < 1.29 is 5.11 Å². The predicted octanol–water partition coefficient (Wildman–Crippen LogP) is 4.04. The van der Waals surface area contributed by atoms with Gasteiger partial charge >= 0.3 is 0 Å². The summed E-state index contributed by atoms with van der Waals surface area (Å²) in [6, 6.07) is 10.2. The van der Waals surface area contributed by atoms with E-state index in [9.17, 15) is 0 Å². The molecule has 0 unspecified atom stereocenters. The molecule has 2 aliphatic heterocycles. The number of rotatable bonds is 6. The average Bonchev–Trinajstić information content (AvgIpc) is 2.99. The lowest BCUT2D eigenvalue weighted by atomic mass is 10.2. The zero-order chi connectivity index (χ0) is 29.6. The minimum Gasteiger partial charge on any atom is -0.399 e. The van der Waals surface area contributed by atoms with Crippen LogP contribution in [0.3, 0.4) is 0 Å². The Bertz CT molecular complexity index is 833. The van der Waals surface area contributed by atoms with Crippen molar-refractivity contribution in [2.24, 2.45) is 0 Å². The Kier molecular flexibility index (Phi) is 21.0. The molecule has 0 bridgehead atoms. The maximum Gasteiger partial charge on any atom is 0.134 e. The summed E-state index contributed by atoms with van der Waals surface area (Å²) in [6.07, 6.45) is 0. The number of nitrogens with one attached hydrogen (secondary N) is 1. The van der Waals surface area contributed by atoms with Gasteiger partial charge in [-0.25, -0.2) is 9.97 Å². The molecule has 224 valence electrons. The van der Waals surface area contributed by atoms with Crippen molar-refractivity contribution in [1.29, 1.82) is 0 Å². The van der Waals surface area contributed by atoms with Crippen molar-refractivity contribution in [3.05, 3.63) is 41.7 Å². The molecule has 0 aliphatic carbocycles. The minimum atomic E-state index is 0.233. The van der Waals surface area contributed by atoms with E-state index in [-0.39, 0.29) is 6.61 Å². The van der Waals surface area contributed by atoms with E-state index in [1.807, 2.05) is 73.7 Å². The summed E-state index contributed by atoms with van der Waals surface area (Å²) in [5.74, 6) is 2.63. The molecule has 0 amide bonds. The number of β-amino-alcohol motifs (C(OH)–C–C–N with tert-alkyl or cyclic N) is 1. The van der Waals surface area contributed by atoms with Crippen molar-refractivity contribution in [2.75, 3.05) is 95.6 Å². The highest BCUT2D eigenvalue weighted by molar-refractivity contribution is 5.49. The summed E-state index contributed by atoms with van der Waals surface area (Å²) >= 11 is 0. The minimum absolute atomic E-state index is 0.233. The van der Waals surface area contributed by atoms with Gasteiger partial charge < -0.3 is 26.0 Å². The molecule has 2 aliphatic rings. The number of hydrogen-bond acceptors (Lipinski definition) is 9. The molecule has 4 N–H and O–H groups in total. The molecule has 9 heteroatoms. The van der Waals surface area contributed by atoms with Crippen LogP contribution in [-0.4, -0.2) is 109 Å². The molecule has 39 heavy (non-hydrogen) atoms. The number of nitrogens with two attached hydrogens (primary N) is 1. The number of nitrogen functional groups attached to an aromatic ring is 1. The maximum atomic E-state index is 8.92. The predicted molar refractivity (Wildman–Crippen MR) is 170 cm³/mol. The van der Waals surface area contributed by atoms with E-state index >= 15 is 0 Å². The maximum absolute atomic E-state index is 8.92. The van der Waals surface area contributed by atoms with Crippen molar-refractivity contribution in [3.63, 3.8) is 0 Å². The molecule has 1 aromatic heterocycles. The molecular formula is C30H58N8O. The smallest absolute Gasteiger partial charge is 0.134 e. The fraction of sp³-hybridized carbons (Fsp3) is 0.667. The molecule has 2 saturated heterocycles. The number of likely N-dealkylation sites (N-methyl/N-ethyl adjacent to an activating group) is 1. The first-order chi connectivity index (χ1) is 19.0. The van der Waals surface area contributed by atoms with Crippen LogP contribution in [-0.2, 0) is 6.54 Å². The summed E-state index contributed by atoms with van der Waals surface area (Å²) in [4.78, 5) is 18.2. The Morgan fingerprint density at radius 3 is 1.87 bits per heavy atom. The number of nitrogens with zero attached hydrogens (tertiary/aromatic N) is 6. The molecule has 3 heterocycles. The fourth-order valence-corrected chi connectivity index (χ4v) is 4.07. The largest absolute Gasteiger partial charge is 0.399 e. The normalized spacial score (nSPS) is 15.7. The Morgan fingerprint density at radius 1 is 0.821 bits per heavy atom. The molecule has 9 nitrogen and oxygen atoms in total. The van der Waals surface area contributed by atoms with E-state index in [0.717, 1.165) is 62.4 Å². The van der Waals surface area contributed by atoms with E-state index in [2.05, 4.69) is 54.1 Å². The van der Waals surface area contributed by atoms with E-state index in [0.29, 0.717) is 0 Å². The highest BCUT2D eigenvalue weighted by atomic mass is 16.3. The van der Waals surface area contributed by atoms with Gasteiger partial charge in [0.05, 0.1) is 6.61 Å². The third kappa shape index (κ3) is 14.5. The summed E-state index contributed by atoms with van der Waals surface area (Å²) in [5.41, 5.74) is 7.86. The third-order valence-electron chi connectivity index (χ3n) is 6.17. The van der Waals surface area contributed by atoms with Crippen LogP contribution in [0.4, 0.5) is 17.3 Å². The number of piperazine rings is 2. The molecule has 0 atom stereocenters. The van der Waals surface area contributed by atoms with Gasteiger partial charge in [0.2, 0.25) is 0 Å². The van der Waals surface area contributed by atoms with Crippen molar-refractivity contribution >= 4 is 17.3 Å². The Hall–Kier alpha value is -2.46. The summed E-state index contributed by atoms with van der Waals surface area (Å²) in [7, 11) is 4.05. The van der Waals surface area contributed by atoms with E-state index in [4.69, 9.17) is 10.8 Å². The van der Waals surface area contributed by atoms with Gasteiger partial charge in [-0.05, 0) is 31.7 Å². The first-order valence-corrected chi connectivity index (χ1v) is 14.8. The molecule has 1 aromatic carbocycles. The summed E-state index contributed by atoms with van der Waals surface area (Å²) in [6.45, 7) is 24.5. The monoisotopic (exact) mass is 546 g/mol. The van der Waals surface area contributed by atoms with Crippen LogP contribution in [0, 0.1) is 6.92 Å². The van der Waals surface area contributed by atoms with Crippen molar-refractivity contribution in [1.82, 2.24) is 24.7 Å². The lowest BCUT2D eigenvalue weighted by Crippen LogP contribution is -2.47. The molecule has 0 spiro atoms. The Labute approximate surface area is 239 Å². The van der Waals surface area contributed by atoms with Crippen molar-refractivity contribution in [3.8, 4) is 0 Å². The SMILES string of the molecule is CC.CC.CC.CN1CCN(Cc2ccc(N)cc2)CC1.CNc1cc(N2CCN(CCO)CC2)nc(C)n1. The lowest BCUT2D eigenvalue weighted by Gasteiger charge is -2.35. The summed E-state index contributed by atoms with van der Waals surface area (Å²) in [5, 5.41) is 12.0. The second kappa shape index (κ2) is 22.4. The number of aryl methyl sites for hydroxylation is 1. The average molecular weight is 547 g/mol. The number of aliphatic hydroxyl groups is 1. The topological polar surface area (TPSA) is 97.0 Å². The second-order valence-electron chi connectivity index (χ2n) is 8.78. The van der Waals surface area contributed by atoms with Gasteiger partial charge in [0.25, 0.3) is 0 Å². The molecule has 2 aromatic rings. The van der Waals surface area contributed by atoms with Gasteiger partial charge in [-0.3, -0.25) is 9.80 Å². The number of anilines is 3. The van der Waals surface area contributed by atoms with Crippen LogP contribution in [0.25, 0.3) is 0 Å². The third-order valence-corrected chi connectivity index (χ3v) is 6.17. The van der Waals surface area contributed by atoms with Crippen molar-refractivity contribution in [2.45, 2.75) is 55.0 Å². The number of aliphatic hydroxyl groups excluding tert-OH is 1. The van der Waals surface area contributed by atoms with Gasteiger partial charge in [-0.2, -0.15) is 0 Å². The van der Waals surface area contributed by atoms with E-state index in [1.165, 1.54) is 31.7 Å². The zero-order valence-corrected chi connectivity index (χ0v) is 26.4. The van der Waals surface area contributed by atoms with Crippen LogP contribution >= 0.6 is 0 Å². The van der Waals surface area contributed by atoms with Crippen LogP contribution < -0.4 is 16.0 Å².